The van der Waals surface area contributed by atoms with E-state index in [0.29, 0.717) is 18.9 Å². The van der Waals surface area contributed by atoms with Crippen molar-refractivity contribution in [3.63, 3.8) is 0 Å². The van der Waals surface area contributed by atoms with Gasteiger partial charge in [0.2, 0.25) is 0 Å². The maximum Gasteiger partial charge on any atom is 0.323 e. The summed E-state index contributed by atoms with van der Waals surface area (Å²) in [5.74, 6) is 1.44. The summed E-state index contributed by atoms with van der Waals surface area (Å²) in [4.78, 5) is 14.8. The van der Waals surface area contributed by atoms with Gasteiger partial charge in [0.25, 0.3) is 0 Å². The van der Waals surface area contributed by atoms with Gasteiger partial charge >= 0.3 is 6.03 Å². The number of aromatic nitrogens is 3. The van der Waals surface area contributed by atoms with Crippen molar-refractivity contribution in [2.75, 3.05) is 11.9 Å². The first-order chi connectivity index (χ1) is 13.5. The lowest BCUT2D eigenvalue weighted by atomic mass is 10.1. The third-order valence-corrected chi connectivity index (χ3v) is 5.04. The van der Waals surface area contributed by atoms with E-state index in [-0.39, 0.29) is 12.1 Å². The molecule has 2 amide bonds. The summed E-state index contributed by atoms with van der Waals surface area (Å²) in [6, 6.07) is 11.9. The van der Waals surface area contributed by atoms with Gasteiger partial charge in [0.05, 0.1) is 24.0 Å². The molecule has 1 aliphatic heterocycles. The summed E-state index contributed by atoms with van der Waals surface area (Å²) in [5.41, 5.74) is 4.05. The van der Waals surface area contributed by atoms with Crippen LogP contribution in [0, 0.1) is 20.8 Å². The number of rotatable bonds is 4. The van der Waals surface area contributed by atoms with Gasteiger partial charge in [-0.3, -0.25) is 5.32 Å². The summed E-state index contributed by atoms with van der Waals surface area (Å²) in [6.07, 6.45) is 1.82. The molecule has 1 atom stereocenters. The van der Waals surface area contributed by atoms with Crippen LogP contribution >= 0.6 is 0 Å². The highest BCUT2D eigenvalue weighted by Crippen LogP contribution is 2.32. The van der Waals surface area contributed by atoms with Gasteiger partial charge in [0.1, 0.15) is 5.82 Å². The minimum absolute atomic E-state index is 0.0737. The zero-order valence-corrected chi connectivity index (χ0v) is 16.5. The normalized spacial score (nSPS) is 16.5. The van der Waals surface area contributed by atoms with E-state index < -0.39 is 0 Å². The summed E-state index contributed by atoms with van der Waals surface area (Å²) < 4.78 is 7.25. The van der Waals surface area contributed by atoms with Crippen molar-refractivity contribution in [2.45, 2.75) is 46.2 Å². The number of carbonyl (C=O) groups is 1. The standard InChI is InChI=1S/C21H25N5O2/c1-14-6-4-7-17(10-14)13-26-20(12-15(2)23-26)22-21(27)25-9-5-8-18(25)19-11-16(3)24-28-19/h4,6-7,10-12,18H,5,8-9,13H2,1-3H3,(H,22,27)/t18-/m0/s1. The topological polar surface area (TPSA) is 76.2 Å². The molecule has 1 aromatic carbocycles. The minimum Gasteiger partial charge on any atom is -0.359 e. The van der Waals surface area contributed by atoms with Crippen molar-refractivity contribution in [1.29, 1.82) is 0 Å². The first-order valence-corrected chi connectivity index (χ1v) is 9.60. The predicted molar refractivity (Wildman–Crippen MR) is 106 cm³/mol. The average molecular weight is 379 g/mol. The molecule has 1 saturated heterocycles. The van der Waals surface area contributed by atoms with Crippen LogP contribution in [0.4, 0.5) is 10.6 Å². The molecule has 28 heavy (non-hydrogen) atoms. The molecule has 1 N–H and O–H groups in total. The Kier molecular flexibility index (Phi) is 4.90. The Balaban J connectivity index is 1.51. The predicted octanol–water partition coefficient (Wildman–Crippen LogP) is 4.21. The lowest BCUT2D eigenvalue weighted by Gasteiger charge is -2.23. The number of carbonyl (C=O) groups excluding carboxylic acids is 1. The number of urea groups is 1. The van der Waals surface area contributed by atoms with Gasteiger partial charge in [0, 0.05) is 18.7 Å². The molecule has 1 fully saturated rings. The largest absolute Gasteiger partial charge is 0.359 e. The Morgan fingerprint density at radius 1 is 1.21 bits per heavy atom. The van der Waals surface area contributed by atoms with Crippen molar-refractivity contribution in [3.05, 3.63) is 64.7 Å². The third-order valence-electron chi connectivity index (χ3n) is 5.04. The Labute approximate surface area is 164 Å². The van der Waals surface area contributed by atoms with Gasteiger partial charge in [-0.05, 0) is 39.2 Å². The number of anilines is 1. The fraction of sp³-hybridized carbons (Fsp3) is 0.381. The molecule has 7 heteroatoms. The fourth-order valence-corrected chi connectivity index (χ4v) is 3.78. The monoisotopic (exact) mass is 379 g/mol. The minimum atomic E-state index is -0.137. The third kappa shape index (κ3) is 3.78. The molecule has 0 aliphatic carbocycles. The summed E-state index contributed by atoms with van der Waals surface area (Å²) in [7, 11) is 0. The molecular weight excluding hydrogens is 354 g/mol. The lowest BCUT2D eigenvalue weighted by molar-refractivity contribution is 0.195. The maximum absolute atomic E-state index is 13.0. The molecular formula is C21H25N5O2. The smallest absolute Gasteiger partial charge is 0.323 e. The molecule has 1 aliphatic rings. The van der Waals surface area contributed by atoms with Crippen molar-refractivity contribution in [3.8, 4) is 0 Å². The van der Waals surface area contributed by atoms with E-state index in [1.807, 2.05) is 41.6 Å². The van der Waals surface area contributed by atoms with Crippen LogP contribution in [0.2, 0.25) is 0 Å². The van der Waals surface area contributed by atoms with Gasteiger partial charge in [0.15, 0.2) is 5.76 Å². The van der Waals surface area contributed by atoms with Crippen LogP contribution in [0.3, 0.4) is 0 Å². The first kappa shape index (κ1) is 18.3. The van der Waals surface area contributed by atoms with Crippen LogP contribution in [0.15, 0.2) is 40.9 Å². The Bertz CT molecular complexity index is 990. The molecule has 3 heterocycles. The van der Waals surface area contributed by atoms with E-state index >= 15 is 0 Å². The second kappa shape index (κ2) is 7.50. The summed E-state index contributed by atoms with van der Waals surface area (Å²) >= 11 is 0. The zero-order valence-electron chi connectivity index (χ0n) is 16.5. The van der Waals surface area contributed by atoms with Crippen LogP contribution in [0.5, 0.6) is 0 Å². The number of nitrogens with one attached hydrogen (secondary N) is 1. The fourth-order valence-electron chi connectivity index (χ4n) is 3.78. The van der Waals surface area contributed by atoms with Gasteiger partial charge in [-0.2, -0.15) is 5.10 Å². The van der Waals surface area contributed by atoms with E-state index in [4.69, 9.17) is 4.52 Å². The van der Waals surface area contributed by atoms with E-state index in [1.54, 1.807) is 0 Å². The highest BCUT2D eigenvalue weighted by atomic mass is 16.5. The summed E-state index contributed by atoms with van der Waals surface area (Å²) in [5, 5.41) is 11.6. The zero-order chi connectivity index (χ0) is 19.7. The van der Waals surface area contributed by atoms with Crippen LogP contribution in [-0.4, -0.2) is 32.4 Å². The van der Waals surface area contributed by atoms with Gasteiger partial charge < -0.3 is 9.42 Å². The summed E-state index contributed by atoms with van der Waals surface area (Å²) in [6.45, 7) is 7.19. The molecule has 2 aromatic heterocycles. The van der Waals surface area contributed by atoms with E-state index in [1.165, 1.54) is 5.56 Å². The van der Waals surface area contributed by atoms with Crippen molar-refractivity contribution in [1.82, 2.24) is 19.8 Å². The number of benzene rings is 1. The number of hydrogen-bond donors (Lipinski definition) is 1. The average Bonchev–Trinajstić information content (AvgIpc) is 3.35. The first-order valence-electron chi connectivity index (χ1n) is 9.60. The Hall–Kier alpha value is -3.09. The van der Waals surface area contributed by atoms with Crippen molar-refractivity contribution in [2.24, 2.45) is 0 Å². The lowest BCUT2D eigenvalue weighted by Crippen LogP contribution is -2.35. The highest BCUT2D eigenvalue weighted by molar-refractivity contribution is 5.89. The van der Waals surface area contributed by atoms with Gasteiger partial charge in [-0.1, -0.05) is 35.0 Å². The van der Waals surface area contributed by atoms with Crippen molar-refractivity contribution >= 4 is 11.8 Å². The molecule has 0 saturated carbocycles. The highest BCUT2D eigenvalue weighted by Gasteiger charge is 2.33. The molecule has 4 rings (SSSR count). The van der Waals surface area contributed by atoms with Gasteiger partial charge in [-0.15, -0.1) is 0 Å². The molecule has 0 unspecified atom stereocenters. The molecule has 146 valence electrons. The van der Waals surface area contributed by atoms with Crippen LogP contribution in [-0.2, 0) is 6.54 Å². The molecule has 3 aromatic rings. The van der Waals surface area contributed by atoms with E-state index in [0.717, 1.165) is 35.6 Å². The second-order valence-electron chi connectivity index (χ2n) is 7.47. The molecule has 0 bridgehead atoms. The van der Waals surface area contributed by atoms with Crippen molar-refractivity contribution < 1.29 is 9.32 Å². The van der Waals surface area contributed by atoms with E-state index in [9.17, 15) is 4.79 Å². The maximum atomic E-state index is 13.0. The number of aryl methyl sites for hydroxylation is 3. The molecule has 7 nitrogen and oxygen atoms in total. The van der Waals surface area contributed by atoms with E-state index in [2.05, 4.69) is 40.7 Å². The Morgan fingerprint density at radius 2 is 2.07 bits per heavy atom. The number of nitrogens with zero attached hydrogens (tertiary/aromatic N) is 4. The quantitative estimate of drug-likeness (QED) is 0.737. The Morgan fingerprint density at radius 3 is 2.82 bits per heavy atom. The molecule has 0 radical (unpaired) electrons. The van der Waals surface area contributed by atoms with Crippen LogP contribution in [0.1, 0.15) is 47.2 Å². The second-order valence-corrected chi connectivity index (χ2v) is 7.47. The van der Waals surface area contributed by atoms with Crippen LogP contribution < -0.4 is 5.32 Å². The van der Waals surface area contributed by atoms with Gasteiger partial charge in [-0.25, -0.2) is 9.48 Å². The number of amides is 2. The number of likely N-dealkylation sites (tertiary alicyclic amines) is 1. The van der Waals surface area contributed by atoms with Crippen LogP contribution in [0.25, 0.3) is 0 Å². The number of hydrogen-bond acceptors (Lipinski definition) is 4. The SMILES string of the molecule is Cc1cccc(Cn2nc(C)cc2NC(=O)N2CCC[C@H]2c2cc(C)no2)c1. The molecule has 0 spiro atoms.